The third-order valence-corrected chi connectivity index (χ3v) is 2.00. The molecule has 1 rings (SSSR count). The molecule has 4 nitrogen and oxygen atoms in total. The van der Waals surface area contributed by atoms with E-state index in [9.17, 15) is 9.59 Å². The lowest BCUT2D eigenvalue weighted by Gasteiger charge is -2.08. The van der Waals surface area contributed by atoms with Gasteiger partial charge in [-0.1, -0.05) is 0 Å². The van der Waals surface area contributed by atoms with Crippen LogP contribution in [0, 0.1) is 6.92 Å². The normalized spacial score (nSPS) is 9.57. The highest BCUT2D eigenvalue weighted by molar-refractivity contribution is 5.96. The molecule has 0 saturated carbocycles. The van der Waals surface area contributed by atoms with Crippen LogP contribution in [0.5, 0.6) is 5.75 Å². The predicted molar refractivity (Wildman–Crippen MR) is 51.6 cm³/mol. The van der Waals surface area contributed by atoms with E-state index in [1.54, 1.807) is 13.0 Å². The fourth-order valence-corrected chi connectivity index (χ4v) is 1.24. The molecule has 0 aromatic heterocycles. The van der Waals surface area contributed by atoms with Crippen molar-refractivity contribution in [2.45, 2.75) is 6.92 Å². The van der Waals surface area contributed by atoms with E-state index in [2.05, 4.69) is 0 Å². The molecule has 0 heterocycles. The number of ether oxygens (including phenoxy) is 1. The minimum absolute atomic E-state index is 0.312. The molecule has 0 atom stereocenters. The number of carbonyl (C=O) groups is 2. The summed E-state index contributed by atoms with van der Waals surface area (Å²) in [7, 11) is 1.47. The Labute approximate surface area is 81.7 Å². The van der Waals surface area contributed by atoms with Crippen LogP contribution in [0.25, 0.3) is 0 Å². The molecule has 1 aromatic carbocycles. The highest BCUT2D eigenvalue weighted by atomic mass is 16.5. The third kappa shape index (κ3) is 1.74. The molecule has 0 radical (unpaired) electrons. The zero-order chi connectivity index (χ0) is 10.7. The van der Waals surface area contributed by atoms with Gasteiger partial charge < -0.3 is 10.5 Å². The predicted octanol–water partition coefficient (Wildman–Crippen LogP) is 0.915. The molecular formula is C10H11NO3. The molecule has 0 saturated heterocycles. The summed E-state index contributed by atoms with van der Waals surface area (Å²) in [4.78, 5) is 21.6. The van der Waals surface area contributed by atoms with Gasteiger partial charge in [0.25, 0.3) is 0 Å². The second-order valence-corrected chi connectivity index (χ2v) is 2.88. The first-order valence-corrected chi connectivity index (χ1v) is 4.03. The van der Waals surface area contributed by atoms with Gasteiger partial charge in [-0.3, -0.25) is 9.59 Å². The fourth-order valence-electron chi connectivity index (χ4n) is 1.24. The Balaban J connectivity index is 3.41. The number of aldehydes is 1. The second kappa shape index (κ2) is 3.91. The Kier molecular flexibility index (Phi) is 2.86. The molecule has 2 N–H and O–H groups in total. The van der Waals surface area contributed by atoms with Crippen molar-refractivity contribution in [3.05, 3.63) is 28.8 Å². The molecule has 74 valence electrons. The van der Waals surface area contributed by atoms with Crippen molar-refractivity contribution in [1.29, 1.82) is 0 Å². The first kappa shape index (κ1) is 10.2. The van der Waals surface area contributed by atoms with E-state index < -0.39 is 5.91 Å². The number of hydrogen-bond donors (Lipinski definition) is 1. The third-order valence-electron chi connectivity index (χ3n) is 2.00. The summed E-state index contributed by atoms with van der Waals surface area (Å²) < 4.78 is 5.01. The minimum Gasteiger partial charge on any atom is -0.496 e. The van der Waals surface area contributed by atoms with Gasteiger partial charge in [0.1, 0.15) is 12.0 Å². The van der Waals surface area contributed by atoms with Gasteiger partial charge in [-0.05, 0) is 19.1 Å². The van der Waals surface area contributed by atoms with Crippen LogP contribution in [0.15, 0.2) is 12.1 Å². The van der Waals surface area contributed by atoms with Crippen LogP contribution in [0.2, 0.25) is 0 Å². The van der Waals surface area contributed by atoms with E-state index >= 15 is 0 Å². The molecule has 0 bridgehead atoms. The van der Waals surface area contributed by atoms with Crippen molar-refractivity contribution in [3.63, 3.8) is 0 Å². The van der Waals surface area contributed by atoms with Crippen LogP contribution in [-0.4, -0.2) is 19.3 Å². The smallest absolute Gasteiger partial charge is 0.249 e. The van der Waals surface area contributed by atoms with Gasteiger partial charge in [0.2, 0.25) is 5.91 Å². The lowest BCUT2D eigenvalue weighted by molar-refractivity contribution is 0.0999. The van der Waals surface area contributed by atoms with Crippen molar-refractivity contribution in [1.82, 2.24) is 0 Å². The molecule has 0 unspecified atom stereocenters. The van der Waals surface area contributed by atoms with E-state index in [1.165, 1.54) is 13.2 Å². The Morgan fingerprint density at radius 2 is 2.14 bits per heavy atom. The lowest BCUT2D eigenvalue weighted by Crippen LogP contribution is -2.13. The Morgan fingerprint density at radius 1 is 1.50 bits per heavy atom. The maximum absolute atomic E-state index is 11.0. The van der Waals surface area contributed by atoms with Crippen molar-refractivity contribution in [2.75, 3.05) is 7.11 Å². The number of nitrogens with two attached hydrogens (primary N) is 1. The molecule has 0 aliphatic heterocycles. The van der Waals surface area contributed by atoms with Gasteiger partial charge in [0.05, 0.1) is 7.11 Å². The van der Waals surface area contributed by atoms with Gasteiger partial charge in [0, 0.05) is 16.7 Å². The summed E-state index contributed by atoms with van der Waals surface area (Å²) in [5, 5.41) is 0. The van der Waals surface area contributed by atoms with E-state index in [0.29, 0.717) is 28.7 Å². The maximum Gasteiger partial charge on any atom is 0.249 e. The van der Waals surface area contributed by atoms with Crippen LogP contribution in [-0.2, 0) is 0 Å². The first-order chi connectivity index (χ1) is 6.60. The first-order valence-electron chi connectivity index (χ1n) is 4.03. The minimum atomic E-state index is -0.565. The van der Waals surface area contributed by atoms with Crippen LogP contribution < -0.4 is 10.5 Å². The second-order valence-electron chi connectivity index (χ2n) is 2.88. The van der Waals surface area contributed by atoms with Gasteiger partial charge in [-0.15, -0.1) is 0 Å². The summed E-state index contributed by atoms with van der Waals surface area (Å²) in [6.07, 6.45) is 0.647. The summed E-state index contributed by atoms with van der Waals surface area (Å²) >= 11 is 0. The van der Waals surface area contributed by atoms with E-state index in [4.69, 9.17) is 10.5 Å². The van der Waals surface area contributed by atoms with Crippen LogP contribution in [0.4, 0.5) is 0 Å². The van der Waals surface area contributed by atoms with Crippen molar-refractivity contribution < 1.29 is 14.3 Å². The number of benzene rings is 1. The molecular weight excluding hydrogens is 182 g/mol. The molecule has 1 amide bonds. The molecule has 0 aliphatic carbocycles. The number of methoxy groups -OCH3 is 1. The average molecular weight is 193 g/mol. The van der Waals surface area contributed by atoms with E-state index in [1.807, 2.05) is 0 Å². The number of carbonyl (C=O) groups excluding carboxylic acids is 2. The van der Waals surface area contributed by atoms with Crippen LogP contribution in [0.3, 0.4) is 0 Å². The van der Waals surface area contributed by atoms with Crippen LogP contribution in [0.1, 0.15) is 26.3 Å². The van der Waals surface area contributed by atoms with Crippen molar-refractivity contribution in [2.24, 2.45) is 5.73 Å². The monoisotopic (exact) mass is 193 g/mol. The zero-order valence-corrected chi connectivity index (χ0v) is 8.03. The SMILES string of the molecule is COc1cc(C=O)cc(C(N)=O)c1C. The van der Waals surface area contributed by atoms with Gasteiger partial charge in [-0.2, -0.15) is 0 Å². The number of primary amides is 1. The lowest BCUT2D eigenvalue weighted by atomic mass is 10.0. The Morgan fingerprint density at radius 3 is 2.57 bits per heavy atom. The fraction of sp³-hybridized carbons (Fsp3) is 0.200. The highest BCUT2D eigenvalue weighted by Crippen LogP contribution is 2.22. The van der Waals surface area contributed by atoms with Crippen molar-refractivity contribution in [3.8, 4) is 5.75 Å². The quantitative estimate of drug-likeness (QED) is 0.725. The van der Waals surface area contributed by atoms with E-state index in [-0.39, 0.29) is 0 Å². The highest BCUT2D eigenvalue weighted by Gasteiger charge is 2.11. The maximum atomic E-state index is 11.0. The van der Waals surface area contributed by atoms with Crippen molar-refractivity contribution >= 4 is 12.2 Å². The van der Waals surface area contributed by atoms with Gasteiger partial charge in [0.15, 0.2) is 0 Å². The molecule has 14 heavy (non-hydrogen) atoms. The van der Waals surface area contributed by atoms with E-state index in [0.717, 1.165) is 0 Å². The van der Waals surface area contributed by atoms with Crippen LogP contribution >= 0.6 is 0 Å². The molecule has 0 fully saturated rings. The molecule has 0 aliphatic rings. The standard InChI is InChI=1S/C10H11NO3/c1-6-8(10(11)13)3-7(5-12)4-9(6)14-2/h3-5H,1-2H3,(H2,11,13). The number of amides is 1. The molecule has 4 heteroatoms. The number of hydrogen-bond acceptors (Lipinski definition) is 3. The largest absolute Gasteiger partial charge is 0.496 e. The summed E-state index contributed by atoms with van der Waals surface area (Å²) in [6, 6.07) is 3.02. The Bertz CT molecular complexity index is 385. The summed E-state index contributed by atoms with van der Waals surface area (Å²) in [6.45, 7) is 1.72. The molecule has 1 aromatic rings. The Hall–Kier alpha value is -1.84. The summed E-state index contributed by atoms with van der Waals surface area (Å²) in [5.41, 5.74) is 6.48. The zero-order valence-electron chi connectivity index (χ0n) is 8.03. The summed E-state index contributed by atoms with van der Waals surface area (Å²) in [5.74, 6) is -0.0760. The van der Waals surface area contributed by atoms with Gasteiger partial charge >= 0.3 is 0 Å². The average Bonchev–Trinajstić information content (AvgIpc) is 2.17. The topological polar surface area (TPSA) is 69.4 Å². The molecule has 0 spiro atoms. The number of rotatable bonds is 3. The van der Waals surface area contributed by atoms with Gasteiger partial charge in [-0.25, -0.2) is 0 Å².